The molecule has 0 aliphatic carbocycles. The number of aliphatic carboxylic acids is 1. The molecular weight excluding hydrogens is 334 g/mol. The third-order valence-electron chi connectivity index (χ3n) is 4.73. The summed E-state index contributed by atoms with van der Waals surface area (Å²) in [5.74, 6) is -1.35. The van der Waals surface area contributed by atoms with Crippen molar-refractivity contribution in [3.63, 3.8) is 0 Å². The SMILES string of the molecule is CCCCCCCCC(CC(O)CCc1ccc([N+](=O)[O-])cc1)C(=O)O. The molecule has 0 heterocycles. The van der Waals surface area contributed by atoms with Gasteiger partial charge in [0, 0.05) is 12.1 Å². The molecule has 1 rings (SSSR count). The molecule has 2 atom stereocenters. The summed E-state index contributed by atoms with van der Waals surface area (Å²) in [5, 5.41) is 30.2. The molecule has 0 radical (unpaired) electrons. The Morgan fingerprint density at radius 1 is 1.08 bits per heavy atom. The second kappa shape index (κ2) is 12.4. The number of benzene rings is 1. The lowest BCUT2D eigenvalue weighted by Gasteiger charge is -2.17. The van der Waals surface area contributed by atoms with Gasteiger partial charge in [0.2, 0.25) is 0 Å². The zero-order chi connectivity index (χ0) is 19.4. The van der Waals surface area contributed by atoms with Gasteiger partial charge in [-0.15, -0.1) is 0 Å². The highest BCUT2D eigenvalue weighted by molar-refractivity contribution is 5.69. The number of nitrogens with zero attached hydrogens (tertiary/aromatic N) is 1. The van der Waals surface area contributed by atoms with Gasteiger partial charge in [-0.1, -0.05) is 57.6 Å². The maximum absolute atomic E-state index is 11.4. The molecular formula is C20H31NO5. The number of nitro groups is 1. The maximum Gasteiger partial charge on any atom is 0.306 e. The summed E-state index contributed by atoms with van der Waals surface area (Å²) in [7, 11) is 0. The molecule has 0 spiro atoms. The molecule has 0 fully saturated rings. The lowest BCUT2D eigenvalue weighted by atomic mass is 9.92. The van der Waals surface area contributed by atoms with Crippen LogP contribution in [0.1, 0.15) is 70.3 Å². The van der Waals surface area contributed by atoms with E-state index in [1.807, 2.05) is 0 Å². The number of carboxylic acids is 1. The molecule has 0 aliphatic rings. The number of rotatable bonds is 14. The van der Waals surface area contributed by atoms with Crippen molar-refractivity contribution in [3.05, 3.63) is 39.9 Å². The molecule has 0 amide bonds. The number of hydrogen-bond acceptors (Lipinski definition) is 4. The van der Waals surface area contributed by atoms with Crippen LogP contribution in [-0.4, -0.2) is 27.2 Å². The highest BCUT2D eigenvalue weighted by Gasteiger charge is 2.21. The second-order valence-electron chi connectivity index (χ2n) is 6.94. The second-order valence-corrected chi connectivity index (χ2v) is 6.94. The molecule has 1 aromatic rings. The number of non-ortho nitro benzene ring substituents is 1. The van der Waals surface area contributed by atoms with Crippen LogP contribution in [-0.2, 0) is 11.2 Å². The number of nitro benzene ring substituents is 1. The number of aryl methyl sites for hydroxylation is 1. The first-order valence-electron chi connectivity index (χ1n) is 9.58. The predicted molar refractivity (Wildman–Crippen MR) is 101 cm³/mol. The van der Waals surface area contributed by atoms with Gasteiger partial charge in [0.15, 0.2) is 0 Å². The fraction of sp³-hybridized carbons (Fsp3) is 0.650. The van der Waals surface area contributed by atoms with E-state index in [-0.39, 0.29) is 12.1 Å². The molecule has 0 saturated carbocycles. The highest BCUT2D eigenvalue weighted by atomic mass is 16.6. The zero-order valence-electron chi connectivity index (χ0n) is 15.6. The summed E-state index contributed by atoms with van der Waals surface area (Å²) in [6.45, 7) is 2.17. The Balaban J connectivity index is 2.33. The Morgan fingerprint density at radius 2 is 1.69 bits per heavy atom. The van der Waals surface area contributed by atoms with Gasteiger partial charge in [0.1, 0.15) is 0 Å². The quantitative estimate of drug-likeness (QED) is 0.282. The third kappa shape index (κ3) is 8.94. The van der Waals surface area contributed by atoms with E-state index in [4.69, 9.17) is 0 Å². The summed E-state index contributed by atoms with van der Waals surface area (Å²) in [6, 6.07) is 6.24. The van der Waals surface area contributed by atoms with Crippen molar-refractivity contribution >= 4 is 11.7 Å². The molecule has 6 heteroatoms. The van der Waals surface area contributed by atoms with Crippen molar-refractivity contribution in [2.45, 2.75) is 77.2 Å². The first-order valence-corrected chi connectivity index (χ1v) is 9.58. The standard InChI is InChI=1S/C20H31NO5/c1-2-3-4-5-6-7-8-17(20(23)24)15-19(22)14-11-16-9-12-18(13-10-16)21(25)26/h9-10,12-13,17,19,22H,2-8,11,14-15H2,1H3,(H,23,24). The maximum atomic E-state index is 11.4. The molecule has 0 aromatic heterocycles. The molecule has 2 N–H and O–H groups in total. The summed E-state index contributed by atoms with van der Waals surface area (Å²) >= 11 is 0. The van der Waals surface area contributed by atoms with Crippen molar-refractivity contribution in [3.8, 4) is 0 Å². The zero-order valence-corrected chi connectivity index (χ0v) is 15.6. The Morgan fingerprint density at radius 3 is 2.27 bits per heavy atom. The van der Waals surface area contributed by atoms with Crippen LogP contribution < -0.4 is 0 Å². The van der Waals surface area contributed by atoms with E-state index >= 15 is 0 Å². The molecule has 1 aromatic carbocycles. The highest BCUT2D eigenvalue weighted by Crippen LogP contribution is 2.20. The van der Waals surface area contributed by atoms with E-state index in [1.54, 1.807) is 12.1 Å². The van der Waals surface area contributed by atoms with Crippen LogP contribution >= 0.6 is 0 Å². The molecule has 146 valence electrons. The fourth-order valence-electron chi connectivity index (χ4n) is 3.08. The smallest absolute Gasteiger partial charge is 0.306 e. The van der Waals surface area contributed by atoms with Crippen molar-refractivity contribution in [1.82, 2.24) is 0 Å². The lowest BCUT2D eigenvalue weighted by molar-refractivity contribution is -0.384. The first kappa shape index (κ1) is 22.1. The number of aliphatic hydroxyl groups is 1. The van der Waals surface area contributed by atoms with Gasteiger partial charge in [-0.3, -0.25) is 14.9 Å². The van der Waals surface area contributed by atoms with Gasteiger partial charge in [-0.2, -0.15) is 0 Å². The van der Waals surface area contributed by atoms with Gasteiger partial charge < -0.3 is 10.2 Å². The van der Waals surface area contributed by atoms with E-state index in [2.05, 4.69) is 6.92 Å². The molecule has 0 aliphatic heterocycles. The van der Waals surface area contributed by atoms with Gasteiger partial charge >= 0.3 is 5.97 Å². The van der Waals surface area contributed by atoms with Crippen LogP contribution in [0.4, 0.5) is 5.69 Å². The number of hydrogen-bond donors (Lipinski definition) is 2. The number of carboxylic acid groups (broad SMARTS) is 1. The van der Waals surface area contributed by atoms with E-state index in [0.29, 0.717) is 19.3 Å². The normalized spacial score (nSPS) is 13.3. The third-order valence-corrected chi connectivity index (χ3v) is 4.73. The van der Waals surface area contributed by atoms with Crippen LogP contribution in [0.15, 0.2) is 24.3 Å². The van der Waals surface area contributed by atoms with E-state index in [0.717, 1.165) is 24.8 Å². The van der Waals surface area contributed by atoms with Crippen molar-refractivity contribution in [2.24, 2.45) is 5.92 Å². The van der Waals surface area contributed by atoms with Crippen molar-refractivity contribution < 1.29 is 19.9 Å². The summed E-state index contributed by atoms with van der Waals surface area (Å²) < 4.78 is 0. The minimum atomic E-state index is -0.840. The summed E-state index contributed by atoms with van der Waals surface area (Å²) in [4.78, 5) is 21.6. The summed E-state index contributed by atoms with van der Waals surface area (Å²) in [5.41, 5.74) is 0.941. The largest absolute Gasteiger partial charge is 0.481 e. The predicted octanol–water partition coefficient (Wildman–Crippen LogP) is 4.73. The van der Waals surface area contributed by atoms with E-state index in [9.17, 15) is 25.1 Å². The van der Waals surface area contributed by atoms with Gasteiger partial charge in [-0.05, 0) is 31.2 Å². The monoisotopic (exact) mass is 365 g/mol. The number of unbranched alkanes of at least 4 members (excludes halogenated alkanes) is 5. The average molecular weight is 365 g/mol. The first-order chi connectivity index (χ1) is 12.4. The van der Waals surface area contributed by atoms with Crippen molar-refractivity contribution in [1.29, 1.82) is 0 Å². The summed E-state index contributed by atoms with van der Waals surface area (Å²) in [6.07, 6.45) is 7.91. The Bertz CT molecular complexity index is 544. The number of carbonyl (C=O) groups is 1. The molecule has 26 heavy (non-hydrogen) atoms. The van der Waals surface area contributed by atoms with Gasteiger partial charge in [0.05, 0.1) is 16.9 Å². The molecule has 2 unspecified atom stereocenters. The van der Waals surface area contributed by atoms with E-state index in [1.165, 1.54) is 31.4 Å². The average Bonchev–Trinajstić information content (AvgIpc) is 2.62. The molecule has 0 saturated heterocycles. The Kier molecular flexibility index (Phi) is 10.5. The Hall–Kier alpha value is -1.95. The minimum absolute atomic E-state index is 0.0409. The Labute approximate surface area is 155 Å². The van der Waals surface area contributed by atoms with Crippen LogP contribution in [0, 0.1) is 16.0 Å². The van der Waals surface area contributed by atoms with Gasteiger partial charge in [0.25, 0.3) is 5.69 Å². The molecule has 6 nitrogen and oxygen atoms in total. The van der Waals surface area contributed by atoms with Crippen LogP contribution in [0.25, 0.3) is 0 Å². The molecule has 0 bridgehead atoms. The van der Waals surface area contributed by atoms with E-state index < -0.39 is 22.9 Å². The fourth-order valence-corrected chi connectivity index (χ4v) is 3.08. The van der Waals surface area contributed by atoms with Crippen LogP contribution in [0.5, 0.6) is 0 Å². The van der Waals surface area contributed by atoms with Crippen LogP contribution in [0.3, 0.4) is 0 Å². The van der Waals surface area contributed by atoms with Crippen LogP contribution in [0.2, 0.25) is 0 Å². The van der Waals surface area contributed by atoms with Gasteiger partial charge in [-0.25, -0.2) is 0 Å². The number of aliphatic hydroxyl groups excluding tert-OH is 1. The lowest BCUT2D eigenvalue weighted by Crippen LogP contribution is -2.21. The minimum Gasteiger partial charge on any atom is -0.481 e. The van der Waals surface area contributed by atoms with Crippen molar-refractivity contribution in [2.75, 3.05) is 0 Å². The topological polar surface area (TPSA) is 101 Å².